The van der Waals surface area contributed by atoms with Crippen molar-refractivity contribution in [1.82, 2.24) is 4.90 Å². The molecule has 1 aromatic carbocycles. The first-order chi connectivity index (χ1) is 9.31. The van der Waals surface area contributed by atoms with Crippen molar-refractivity contribution in [1.29, 1.82) is 0 Å². The average Bonchev–Trinajstić information content (AvgIpc) is 2.88. The lowest BCUT2D eigenvalue weighted by molar-refractivity contribution is 0.0773. The van der Waals surface area contributed by atoms with E-state index in [1.165, 1.54) is 0 Å². The number of hydrogen-bond donors (Lipinski definition) is 1. The maximum Gasteiger partial charge on any atom is 0.256 e. The van der Waals surface area contributed by atoms with Crippen LogP contribution in [0.2, 0.25) is 0 Å². The predicted molar refractivity (Wildman–Crippen MR) is 76.7 cm³/mol. The van der Waals surface area contributed by atoms with Crippen LogP contribution in [0.25, 0.3) is 0 Å². The molecule has 1 amide bonds. The highest BCUT2D eigenvalue weighted by Crippen LogP contribution is 2.28. The Labute approximate surface area is 113 Å². The number of nitrogens with one attached hydrogen (secondary N) is 1. The molecule has 1 N–H and O–H groups in total. The summed E-state index contributed by atoms with van der Waals surface area (Å²) in [5.41, 5.74) is 1.65. The molecule has 4 nitrogen and oxygen atoms in total. The first kappa shape index (κ1) is 12.2. The van der Waals surface area contributed by atoms with E-state index < -0.39 is 0 Å². The van der Waals surface area contributed by atoms with E-state index in [0.717, 1.165) is 49.4 Å². The summed E-state index contributed by atoms with van der Waals surface area (Å²) in [6, 6.07) is 7.84. The van der Waals surface area contributed by atoms with E-state index in [-0.39, 0.29) is 11.9 Å². The second-order valence-electron chi connectivity index (χ2n) is 5.09. The zero-order chi connectivity index (χ0) is 13.2. The molecule has 4 heteroatoms. The first-order valence-electron chi connectivity index (χ1n) is 7.02. The fraction of sp³-hybridized carbons (Fsp3) is 0.467. The van der Waals surface area contributed by atoms with Gasteiger partial charge >= 0.3 is 0 Å². The molecular weight excluding hydrogens is 238 g/mol. The van der Waals surface area contributed by atoms with Crippen LogP contribution in [0.4, 0.5) is 5.69 Å². The Morgan fingerprint density at radius 3 is 3.11 bits per heavy atom. The van der Waals surface area contributed by atoms with Gasteiger partial charge in [-0.25, -0.2) is 0 Å². The number of fused-ring (bicyclic) bond motifs is 2. The second kappa shape index (κ2) is 5.03. The normalized spacial score (nSPS) is 23.8. The predicted octanol–water partition coefficient (Wildman–Crippen LogP) is 2.53. The lowest BCUT2D eigenvalue weighted by atomic mass is 10.1. The van der Waals surface area contributed by atoms with Crippen LogP contribution in [-0.2, 0) is 0 Å². The molecule has 0 aliphatic carbocycles. The topological polar surface area (TPSA) is 44.7 Å². The van der Waals surface area contributed by atoms with Crippen LogP contribution in [0, 0.1) is 0 Å². The monoisotopic (exact) mass is 257 g/mol. The molecule has 0 radical (unpaired) electrons. The van der Waals surface area contributed by atoms with Crippen molar-refractivity contribution in [2.45, 2.75) is 32.2 Å². The molecular formula is C15H19N3O. The molecule has 0 aromatic heterocycles. The fourth-order valence-corrected chi connectivity index (χ4v) is 2.83. The molecule has 1 aromatic rings. The Morgan fingerprint density at radius 1 is 1.42 bits per heavy atom. The number of hydrogen-bond acceptors (Lipinski definition) is 2. The van der Waals surface area contributed by atoms with Crippen molar-refractivity contribution in [2.24, 2.45) is 4.99 Å². The van der Waals surface area contributed by atoms with Gasteiger partial charge in [0.1, 0.15) is 5.84 Å². The van der Waals surface area contributed by atoms with E-state index in [1.807, 2.05) is 29.2 Å². The molecule has 2 heterocycles. The van der Waals surface area contributed by atoms with Gasteiger partial charge in [-0.3, -0.25) is 9.79 Å². The van der Waals surface area contributed by atoms with Crippen molar-refractivity contribution in [2.75, 3.05) is 18.4 Å². The van der Waals surface area contributed by atoms with Crippen LogP contribution in [-0.4, -0.2) is 35.8 Å². The van der Waals surface area contributed by atoms with Gasteiger partial charge in [-0.05, 0) is 31.4 Å². The molecule has 100 valence electrons. The van der Waals surface area contributed by atoms with Crippen molar-refractivity contribution < 1.29 is 4.79 Å². The number of carbonyl (C=O) groups excluding carboxylic acids is 1. The highest BCUT2D eigenvalue weighted by Gasteiger charge is 2.36. The first-order valence-corrected chi connectivity index (χ1v) is 7.02. The van der Waals surface area contributed by atoms with E-state index in [4.69, 9.17) is 0 Å². The smallest absolute Gasteiger partial charge is 0.256 e. The number of amides is 1. The lowest BCUT2D eigenvalue weighted by Gasteiger charge is -2.22. The van der Waals surface area contributed by atoms with E-state index in [0.29, 0.717) is 0 Å². The molecule has 1 fully saturated rings. The SMILES string of the molecule is CCCN=C1Nc2ccccc2C(=O)N2CCC[C@@H]12. The quantitative estimate of drug-likeness (QED) is 0.884. The summed E-state index contributed by atoms with van der Waals surface area (Å²) in [6.07, 6.45) is 3.09. The van der Waals surface area contributed by atoms with Crippen LogP contribution in [0.1, 0.15) is 36.5 Å². The van der Waals surface area contributed by atoms with Crippen LogP contribution < -0.4 is 5.32 Å². The maximum absolute atomic E-state index is 12.6. The zero-order valence-corrected chi connectivity index (χ0v) is 11.2. The summed E-state index contributed by atoms with van der Waals surface area (Å²) >= 11 is 0. The molecule has 2 aliphatic heterocycles. The summed E-state index contributed by atoms with van der Waals surface area (Å²) in [5, 5.41) is 3.38. The van der Waals surface area contributed by atoms with Crippen molar-refractivity contribution in [3.8, 4) is 0 Å². The molecule has 0 spiro atoms. The molecule has 2 aliphatic rings. The average molecular weight is 257 g/mol. The van der Waals surface area contributed by atoms with Gasteiger partial charge in [-0.2, -0.15) is 0 Å². The van der Waals surface area contributed by atoms with Crippen LogP contribution in [0.15, 0.2) is 29.3 Å². The minimum atomic E-state index is 0.131. The number of nitrogens with zero attached hydrogens (tertiary/aromatic N) is 2. The third-order valence-corrected chi connectivity index (χ3v) is 3.76. The number of para-hydroxylation sites is 1. The van der Waals surface area contributed by atoms with Gasteiger partial charge in [-0.15, -0.1) is 0 Å². The largest absolute Gasteiger partial charge is 0.342 e. The van der Waals surface area contributed by atoms with E-state index in [9.17, 15) is 4.79 Å². The summed E-state index contributed by atoms with van der Waals surface area (Å²) in [6.45, 7) is 3.76. The molecule has 1 saturated heterocycles. The Morgan fingerprint density at radius 2 is 2.26 bits per heavy atom. The third kappa shape index (κ3) is 2.11. The molecule has 19 heavy (non-hydrogen) atoms. The second-order valence-corrected chi connectivity index (χ2v) is 5.09. The van der Waals surface area contributed by atoms with Crippen LogP contribution in [0.3, 0.4) is 0 Å². The zero-order valence-electron chi connectivity index (χ0n) is 11.2. The van der Waals surface area contributed by atoms with E-state index in [1.54, 1.807) is 0 Å². The number of benzene rings is 1. The Balaban J connectivity index is 2.04. The van der Waals surface area contributed by atoms with Gasteiger partial charge < -0.3 is 10.2 Å². The van der Waals surface area contributed by atoms with Gasteiger partial charge in [0.2, 0.25) is 0 Å². The van der Waals surface area contributed by atoms with Crippen LogP contribution in [0.5, 0.6) is 0 Å². The minimum absolute atomic E-state index is 0.131. The number of anilines is 1. The van der Waals surface area contributed by atoms with Gasteiger partial charge in [-0.1, -0.05) is 19.1 Å². The highest BCUT2D eigenvalue weighted by atomic mass is 16.2. The number of carbonyl (C=O) groups is 1. The molecule has 0 saturated carbocycles. The third-order valence-electron chi connectivity index (χ3n) is 3.76. The number of rotatable bonds is 2. The van der Waals surface area contributed by atoms with E-state index in [2.05, 4.69) is 17.2 Å². The molecule has 1 atom stereocenters. The number of amidine groups is 1. The van der Waals surface area contributed by atoms with Crippen LogP contribution >= 0.6 is 0 Å². The molecule has 0 unspecified atom stereocenters. The Kier molecular flexibility index (Phi) is 3.23. The maximum atomic E-state index is 12.6. The van der Waals surface area contributed by atoms with Crippen molar-refractivity contribution >= 4 is 17.4 Å². The van der Waals surface area contributed by atoms with E-state index >= 15 is 0 Å². The summed E-state index contributed by atoms with van der Waals surface area (Å²) in [5.74, 6) is 1.09. The fourth-order valence-electron chi connectivity index (χ4n) is 2.83. The van der Waals surface area contributed by atoms with Gasteiger partial charge in [0.25, 0.3) is 5.91 Å². The Bertz CT molecular complexity index is 524. The molecule has 0 bridgehead atoms. The standard InChI is InChI=1S/C15H19N3O/c1-2-9-16-14-13-8-5-10-18(13)15(19)11-6-3-4-7-12(11)17-14/h3-4,6-7,13H,2,5,8-10H2,1H3,(H,16,17)/t13-/m0/s1. The highest BCUT2D eigenvalue weighted by molar-refractivity contribution is 6.11. The van der Waals surface area contributed by atoms with Gasteiger partial charge in [0.05, 0.1) is 17.3 Å². The van der Waals surface area contributed by atoms with Gasteiger partial charge in [0, 0.05) is 13.1 Å². The summed E-state index contributed by atoms with van der Waals surface area (Å²) < 4.78 is 0. The lowest BCUT2D eigenvalue weighted by Crippen LogP contribution is -2.40. The minimum Gasteiger partial charge on any atom is -0.342 e. The van der Waals surface area contributed by atoms with Crippen molar-refractivity contribution in [3.63, 3.8) is 0 Å². The van der Waals surface area contributed by atoms with Gasteiger partial charge in [0.15, 0.2) is 0 Å². The summed E-state index contributed by atoms with van der Waals surface area (Å²) in [7, 11) is 0. The molecule has 3 rings (SSSR count). The summed E-state index contributed by atoms with van der Waals surface area (Å²) in [4.78, 5) is 19.2. The Hall–Kier alpha value is -1.84. The van der Waals surface area contributed by atoms with Crippen molar-refractivity contribution in [3.05, 3.63) is 29.8 Å². The number of aliphatic imine (C=N–C) groups is 1.